The monoisotopic (exact) mass is 369 g/mol. The Morgan fingerprint density at radius 1 is 0.786 bits per heavy atom. The fourth-order valence-electron chi connectivity index (χ4n) is 2.89. The molecule has 0 heterocycles. The third-order valence-electron chi connectivity index (χ3n) is 4.54. The molecule has 0 amide bonds. The van der Waals surface area contributed by atoms with Gasteiger partial charge >= 0.3 is 0 Å². The molecule has 3 aromatic rings. The zero-order valence-corrected chi connectivity index (χ0v) is 16.1. The molecule has 3 nitrogen and oxygen atoms in total. The van der Waals surface area contributed by atoms with E-state index >= 15 is 0 Å². The lowest BCUT2D eigenvalue weighted by Gasteiger charge is -2.08. The van der Waals surface area contributed by atoms with Gasteiger partial charge in [0.2, 0.25) is 0 Å². The van der Waals surface area contributed by atoms with Crippen molar-refractivity contribution in [2.45, 2.75) is 19.8 Å². The molecule has 0 radical (unpaired) electrons. The highest BCUT2D eigenvalue weighted by Crippen LogP contribution is 2.19. The van der Waals surface area contributed by atoms with Crippen molar-refractivity contribution in [3.05, 3.63) is 113 Å². The number of para-hydroxylation sites is 1. The molecular formula is C25H23NO2. The van der Waals surface area contributed by atoms with Crippen LogP contribution in [0.4, 0.5) is 5.69 Å². The topological polar surface area (TPSA) is 46.2 Å². The first kappa shape index (κ1) is 19.3. The predicted octanol–water partition coefficient (Wildman–Crippen LogP) is 5.85. The molecule has 1 N–H and O–H groups in total. The van der Waals surface area contributed by atoms with Gasteiger partial charge in [0.15, 0.2) is 11.6 Å². The van der Waals surface area contributed by atoms with Gasteiger partial charge in [0.1, 0.15) is 0 Å². The summed E-state index contributed by atoms with van der Waals surface area (Å²) in [6.07, 6.45) is 3.06. The van der Waals surface area contributed by atoms with Crippen LogP contribution >= 0.6 is 0 Å². The van der Waals surface area contributed by atoms with Crippen LogP contribution in [-0.2, 0) is 0 Å². The molecule has 3 heteroatoms. The summed E-state index contributed by atoms with van der Waals surface area (Å²) < 4.78 is 0. The molecule has 0 bridgehead atoms. The second-order valence-corrected chi connectivity index (χ2v) is 6.86. The maximum Gasteiger partial charge on any atom is 0.195 e. The summed E-state index contributed by atoms with van der Waals surface area (Å²) in [7, 11) is 0. The number of nitrogens with one attached hydrogen (secondary N) is 1. The molecule has 3 rings (SSSR count). The van der Waals surface area contributed by atoms with Crippen LogP contribution in [0, 0.1) is 0 Å². The molecule has 140 valence electrons. The van der Waals surface area contributed by atoms with Gasteiger partial charge in [-0.15, -0.1) is 0 Å². The van der Waals surface area contributed by atoms with E-state index in [1.807, 2.05) is 60.7 Å². The van der Waals surface area contributed by atoms with Crippen LogP contribution in [0.15, 0.2) is 91.1 Å². The van der Waals surface area contributed by atoms with E-state index in [9.17, 15) is 9.59 Å². The maximum atomic E-state index is 12.7. The Bertz CT molecular complexity index is 987. The van der Waals surface area contributed by atoms with Crippen molar-refractivity contribution in [2.24, 2.45) is 0 Å². The standard InChI is InChI=1S/C25H23NO2/c1-18(2)19-12-14-20(15-13-19)24(27)16-17-26-23-11-7-6-10-22(23)25(28)21-8-4-3-5-9-21/h3-18,26H,1-2H3. The van der Waals surface area contributed by atoms with Crippen molar-refractivity contribution in [3.8, 4) is 0 Å². The summed E-state index contributed by atoms with van der Waals surface area (Å²) in [4.78, 5) is 25.1. The molecule has 0 atom stereocenters. The Morgan fingerprint density at radius 2 is 1.43 bits per heavy atom. The minimum absolute atomic E-state index is 0.0623. The van der Waals surface area contributed by atoms with Crippen molar-refractivity contribution in [1.82, 2.24) is 0 Å². The van der Waals surface area contributed by atoms with Gasteiger partial charge in [-0.25, -0.2) is 0 Å². The summed E-state index contributed by atoms with van der Waals surface area (Å²) in [5.74, 6) is 0.280. The third kappa shape index (κ3) is 4.63. The SMILES string of the molecule is CC(C)c1ccc(C(=O)C=CNc2ccccc2C(=O)c2ccccc2)cc1. The Labute approximate surface area is 165 Å². The number of ketones is 2. The van der Waals surface area contributed by atoms with Crippen LogP contribution in [0.3, 0.4) is 0 Å². The first-order valence-corrected chi connectivity index (χ1v) is 9.32. The van der Waals surface area contributed by atoms with Crippen LogP contribution in [0.2, 0.25) is 0 Å². The summed E-state index contributed by atoms with van der Waals surface area (Å²) in [5, 5.41) is 3.07. The van der Waals surface area contributed by atoms with Crippen molar-refractivity contribution >= 4 is 17.3 Å². The fraction of sp³-hybridized carbons (Fsp3) is 0.120. The molecule has 0 saturated heterocycles. The number of benzene rings is 3. The van der Waals surface area contributed by atoms with Crippen LogP contribution in [-0.4, -0.2) is 11.6 Å². The van der Waals surface area contributed by atoms with E-state index < -0.39 is 0 Å². The molecule has 3 aromatic carbocycles. The molecule has 0 fully saturated rings. The molecule has 0 unspecified atom stereocenters. The number of carbonyl (C=O) groups excluding carboxylic acids is 2. The minimum atomic E-state index is -0.0883. The van der Waals surface area contributed by atoms with E-state index in [1.165, 1.54) is 11.6 Å². The number of hydrogen-bond donors (Lipinski definition) is 1. The highest BCUT2D eigenvalue weighted by Gasteiger charge is 2.12. The average Bonchev–Trinajstić information content (AvgIpc) is 2.74. The van der Waals surface area contributed by atoms with E-state index in [0.717, 1.165) is 0 Å². The Kier molecular flexibility index (Phi) is 6.18. The first-order chi connectivity index (χ1) is 13.6. The summed E-state index contributed by atoms with van der Waals surface area (Å²) in [6.45, 7) is 4.24. The summed E-state index contributed by atoms with van der Waals surface area (Å²) in [5.41, 5.74) is 3.69. The second-order valence-electron chi connectivity index (χ2n) is 6.86. The number of anilines is 1. The third-order valence-corrected chi connectivity index (χ3v) is 4.54. The Balaban J connectivity index is 1.72. The normalized spacial score (nSPS) is 11.0. The molecule has 0 aliphatic rings. The number of rotatable bonds is 7. The quantitative estimate of drug-likeness (QED) is 0.420. The summed E-state index contributed by atoms with van der Waals surface area (Å²) in [6, 6.07) is 24.1. The van der Waals surface area contributed by atoms with Crippen LogP contribution in [0.1, 0.15) is 51.6 Å². The van der Waals surface area contributed by atoms with Gasteiger partial charge in [-0.3, -0.25) is 9.59 Å². The van der Waals surface area contributed by atoms with Crippen molar-refractivity contribution < 1.29 is 9.59 Å². The molecule has 0 saturated carbocycles. The van der Waals surface area contributed by atoms with Gasteiger partial charge in [0.25, 0.3) is 0 Å². The zero-order chi connectivity index (χ0) is 19.9. The maximum absolute atomic E-state index is 12.7. The van der Waals surface area contributed by atoms with Crippen molar-refractivity contribution in [3.63, 3.8) is 0 Å². The fourth-order valence-corrected chi connectivity index (χ4v) is 2.89. The van der Waals surface area contributed by atoms with Gasteiger partial charge in [-0.1, -0.05) is 80.6 Å². The van der Waals surface area contributed by atoms with E-state index in [4.69, 9.17) is 0 Å². The van der Waals surface area contributed by atoms with E-state index in [-0.39, 0.29) is 11.6 Å². The molecule has 0 aliphatic heterocycles. The zero-order valence-electron chi connectivity index (χ0n) is 16.1. The lowest BCUT2D eigenvalue weighted by molar-refractivity contribution is 0.103. The second kappa shape index (κ2) is 8.96. The Morgan fingerprint density at radius 3 is 2.11 bits per heavy atom. The van der Waals surface area contributed by atoms with Gasteiger partial charge in [0.05, 0.1) is 0 Å². The van der Waals surface area contributed by atoms with E-state index in [0.29, 0.717) is 28.3 Å². The lowest BCUT2D eigenvalue weighted by atomic mass is 10.0. The van der Waals surface area contributed by atoms with E-state index in [1.54, 1.807) is 24.4 Å². The summed E-state index contributed by atoms with van der Waals surface area (Å²) >= 11 is 0. The van der Waals surface area contributed by atoms with Crippen molar-refractivity contribution in [2.75, 3.05) is 5.32 Å². The smallest absolute Gasteiger partial charge is 0.195 e. The molecule has 0 aliphatic carbocycles. The molecule has 0 aromatic heterocycles. The minimum Gasteiger partial charge on any atom is -0.361 e. The van der Waals surface area contributed by atoms with Gasteiger partial charge < -0.3 is 5.32 Å². The molecule has 0 spiro atoms. The molecular weight excluding hydrogens is 346 g/mol. The molecule has 28 heavy (non-hydrogen) atoms. The number of hydrogen-bond acceptors (Lipinski definition) is 3. The van der Waals surface area contributed by atoms with Crippen LogP contribution in [0.25, 0.3) is 0 Å². The van der Waals surface area contributed by atoms with Gasteiger partial charge in [0, 0.05) is 34.7 Å². The predicted molar refractivity (Wildman–Crippen MR) is 114 cm³/mol. The van der Waals surface area contributed by atoms with Gasteiger partial charge in [-0.2, -0.15) is 0 Å². The van der Waals surface area contributed by atoms with Crippen molar-refractivity contribution in [1.29, 1.82) is 0 Å². The first-order valence-electron chi connectivity index (χ1n) is 9.32. The highest BCUT2D eigenvalue weighted by molar-refractivity contribution is 6.12. The largest absolute Gasteiger partial charge is 0.361 e. The van der Waals surface area contributed by atoms with Crippen LogP contribution in [0.5, 0.6) is 0 Å². The number of allylic oxidation sites excluding steroid dienone is 1. The Hall–Kier alpha value is -3.46. The number of carbonyl (C=O) groups is 2. The van der Waals surface area contributed by atoms with Crippen LogP contribution < -0.4 is 5.32 Å². The van der Waals surface area contributed by atoms with E-state index in [2.05, 4.69) is 19.2 Å². The van der Waals surface area contributed by atoms with Gasteiger partial charge in [-0.05, 0) is 23.6 Å². The average molecular weight is 369 g/mol. The lowest BCUT2D eigenvalue weighted by Crippen LogP contribution is -2.05. The highest BCUT2D eigenvalue weighted by atomic mass is 16.1.